The SMILES string of the molecule is CCN1CCN(c2cc(-c3ccccc3)c(OC)c(C(F)Cc3ccncc3)c2)CC1. The first-order chi connectivity index (χ1) is 15.2. The number of methoxy groups -OCH3 is 1. The summed E-state index contributed by atoms with van der Waals surface area (Å²) in [5.74, 6) is 0.615. The number of anilines is 1. The standard InChI is InChI=1S/C26H30FN3O/c1-3-29-13-15-30(16-14-29)22-18-23(21-7-5-4-6-8-21)26(31-2)24(19-22)25(27)17-20-9-11-28-12-10-20/h4-12,18-19,25H,3,13-17H2,1-2H3. The zero-order valence-corrected chi connectivity index (χ0v) is 18.3. The van der Waals surface area contributed by atoms with Crippen molar-refractivity contribution in [3.63, 3.8) is 0 Å². The lowest BCUT2D eigenvalue weighted by Crippen LogP contribution is -2.46. The van der Waals surface area contributed by atoms with Crippen LogP contribution in [0, 0.1) is 0 Å². The van der Waals surface area contributed by atoms with Crippen molar-refractivity contribution < 1.29 is 9.13 Å². The van der Waals surface area contributed by atoms with E-state index in [2.05, 4.69) is 39.9 Å². The normalized spacial score (nSPS) is 15.6. The molecule has 4 rings (SSSR count). The third-order valence-electron chi connectivity index (χ3n) is 6.08. The van der Waals surface area contributed by atoms with Crippen molar-refractivity contribution in [2.24, 2.45) is 0 Å². The van der Waals surface area contributed by atoms with Crippen molar-refractivity contribution in [1.82, 2.24) is 9.88 Å². The molecule has 1 saturated heterocycles. The molecule has 0 radical (unpaired) electrons. The summed E-state index contributed by atoms with van der Waals surface area (Å²) in [6.07, 6.45) is 2.54. The molecule has 1 fully saturated rings. The number of aromatic nitrogens is 1. The topological polar surface area (TPSA) is 28.6 Å². The van der Waals surface area contributed by atoms with Gasteiger partial charge in [0, 0.05) is 61.8 Å². The number of nitrogens with zero attached hydrogens (tertiary/aromatic N) is 3. The zero-order chi connectivity index (χ0) is 21.6. The lowest BCUT2D eigenvalue weighted by Gasteiger charge is -2.36. The van der Waals surface area contributed by atoms with E-state index >= 15 is 4.39 Å². The first kappa shape index (κ1) is 21.3. The molecule has 31 heavy (non-hydrogen) atoms. The molecule has 0 amide bonds. The second-order valence-electron chi connectivity index (χ2n) is 7.93. The Morgan fingerprint density at radius 1 is 1.00 bits per heavy atom. The molecule has 0 saturated carbocycles. The van der Waals surface area contributed by atoms with E-state index in [9.17, 15) is 0 Å². The van der Waals surface area contributed by atoms with E-state index in [1.54, 1.807) is 19.5 Å². The van der Waals surface area contributed by atoms with Gasteiger partial charge >= 0.3 is 0 Å². The second-order valence-corrected chi connectivity index (χ2v) is 7.93. The summed E-state index contributed by atoms with van der Waals surface area (Å²) in [5.41, 5.74) is 4.56. The molecule has 5 heteroatoms. The molecule has 1 aromatic heterocycles. The maximum atomic E-state index is 15.7. The summed E-state index contributed by atoms with van der Waals surface area (Å²) in [6.45, 7) is 7.18. The molecule has 0 N–H and O–H groups in total. The molecule has 1 aliphatic heterocycles. The highest BCUT2D eigenvalue weighted by atomic mass is 19.1. The van der Waals surface area contributed by atoms with Gasteiger partial charge in [0.05, 0.1) is 7.11 Å². The van der Waals surface area contributed by atoms with E-state index in [0.717, 1.165) is 55.1 Å². The average molecular weight is 420 g/mol. The largest absolute Gasteiger partial charge is 0.496 e. The van der Waals surface area contributed by atoms with Gasteiger partial charge in [-0.25, -0.2) is 4.39 Å². The monoisotopic (exact) mass is 419 g/mol. The van der Waals surface area contributed by atoms with Gasteiger partial charge in [-0.3, -0.25) is 4.98 Å². The molecule has 3 aromatic rings. The molecule has 162 valence electrons. The van der Waals surface area contributed by atoms with E-state index in [0.29, 0.717) is 17.7 Å². The van der Waals surface area contributed by atoms with Gasteiger partial charge in [-0.2, -0.15) is 0 Å². The number of hydrogen-bond donors (Lipinski definition) is 0. The first-order valence-corrected chi connectivity index (χ1v) is 11.0. The van der Waals surface area contributed by atoms with Crippen molar-refractivity contribution in [1.29, 1.82) is 0 Å². The second kappa shape index (κ2) is 9.92. The number of piperazine rings is 1. The Morgan fingerprint density at radius 3 is 2.35 bits per heavy atom. The van der Waals surface area contributed by atoms with Gasteiger partial charge in [0.15, 0.2) is 0 Å². The van der Waals surface area contributed by atoms with E-state index in [4.69, 9.17) is 4.74 Å². The molecule has 1 unspecified atom stereocenters. The fourth-order valence-electron chi connectivity index (χ4n) is 4.27. The van der Waals surface area contributed by atoms with Crippen molar-refractivity contribution in [3.8, 4) is 16.9 Å². The van der Waals surface area contributed by atoms with Gasteiger partial charge in [-0.15, -0.1) is 0 Å². The predicted molar refractivity (Wildman–Crippen MR) is 125 cm³/mol. The van der Waals surface area contributed by atoms with Gasteiger partial charge in [0.2, 0.25) is 0 Å². The van der Waals surface area contributed by atoms with Crippen LogP contribution < -0.4 is 9.64 Å². The Bertz CT molecular complexity index is 973. The Kier molecular flexibility index (Phi) is 6.82. The number of likely N-dealkylation sites (N-methyl/N-ethyl adjacent to an activating group) is 1. The fraction of sp³-hybridized carbons (Fsp3) is 0.346. The van der Waals surface area contributed by atoms with E-state index < -0.39 is 6.17 Å². The Labute approximate surface area is 184 Å². The van der Waals surface area contributed by atoms with Crippen molar-refractivity contribution in [3.05, 3.63) is 78.1 Å². The minimum Gasteiger partial charge on any atom is -0.496 e. The minimum atomic E-state index is -1.17. The third-order valence-corrected chi connectivity index (χ3v) is 6.08. The van der Waals surface area contributed by atoms with Crippen LogP contribution in [-0.2, 0) is 6.42 Å². The number of hydrogen-bond acceptors (Lipinski definition) is 4. The fourth-order valence-corrected chi connectivity index (χ4v) is 4.27. The number of pyridine rings is 1. The van der Waals surface area contributed by atoms with E-state index in [1.165, 1.54) is 0 Å². The molecule has 2 heterocycles. The minimum absolute atomic E-state index is 0.292. The number of alkyl halides is 1. The molecule has 2 aromatic carbocycles. The maximum absolute atomic E-state index is 15.7. The Morgan fingerprint density at radius 2 is 1.71 bits per heavy atom. The predicted octanol–water partition coefficient (Wildman–Crippen LogP) is 5.15. The smallest absolute Gasteiger partial charge is 0.133 e. The highest BCUT2D eigenvalue weighted by molar-refractivity contribution is 5.77. The Balaban J connectivity index is 1.75. The Hall–Kier alpha value is -2.92. The summed E-state index contributed by atoms with van der Waals surface area (Å²) in [5, 5.41) is 0. The summed E-state index contributed by atoms with van der Waals surface area (Å²) in [6, 6.07) is 18.0. The molecule has 4 nitrogen and oxygen atoms in total. The highest BCUT2D eigenvalue weighted by Crippen LogP contribution is 2.42. The summed E-state index contributed by atoms with van der Waals surface area (Å²) >= 11 is 0. The van der Waals surface area contributed by atoms with Crippen LogP contribution in [0.3, 0.4) is 0 Å². The lowest BCUT2D eigenvalue weighted by molar-refractivity contribution is 0.271. The van der Waals surface area contributed by atoms with E-state index in [-0.39, 0.29) is 0 Å². The summed E-state index contributed by atoms with van der Waals surface area (Å²) < 4.78 is 21.5. The first-order valence-electron chi connectivity index (χ1n) is 11.0. The van der Waals surface area contributed by atoms with Crippen LogP contribution in [0.15, 0.2) is 67.0 Å². The quantitative estimate of drug-likeness (QED) is 0.529. The molecule has 1 atom stereocenters. The van der Waals surface area contributed by atoms with Crippen molar-refractivity contribution in [2.75, 3.05) is 44.7 Å². The number of rotatable bonds is 7. The van der Waals surface area contributed by atoms with Crippen LogP contribution in [0.25, 0.3) is 11.1 Å². The average Bonchev–Trinajstić information content (AvgIpc) is 2.84. The van der Waals surface area contributed by atoms with Gasteiger partial charge < -0.3 is 14.5 Å². The van der Waals surface area contributed by atoms with Crippen LogP contribution in [0.4, 0.5) is 10.1 Å². The lowest BCUT2D eigenvalue weighted by atomic mass is 9.95. The molecular formula is C26H30FN3O. The maximum Gasteiger partial charge on any atom is 0.133 e. The highest BCUT2D eigenvalue weighted by Gasteiger charge is 2.24. The van der Waals surface area contributed by atoms with Crippen molar-refractivity contribution >= 4 is 5.69 Å². The summed E-state index contributed by atoms with van der Waals surface area (Å²) in [7, 11) is 1.63. The van der Waals surface area contributed by atoms with Crippen LogP contribution in [0.1, 0.15) is 24.2 Å². The number of ether oxygens (including phenoxy) is 1. The summed E-state index contributed by atoms with van der Waals surface area (Å²) in [4.78, 5) is 8.85. The molecule has 0 aliphatic carbocycles. The zero-order valence-electron chi connectivity index (χ0n) is 18.3. The van der Waals surface area contributed by atoms with Crippen LogP contribution in [0.5, 0.6) is 5.75 Å². The van der Waals surface area contributed by atoms with Gasteiger partial charge in [-0.1, -0.05) is 37.3 Å². The number of halogens is 1. The number of benzene rings is 2. The molecule has 0 spiro atoms. The molecule has 0 bridgehead atoms. The van der Waals surface area contributed by atoms with Crippen molar-refractivity contribution in [2.45, 2.75) is 19.5 Å². The van der Waals surface area contributed by atoms with Gasteiger partial charge in [0.25, 0.3) is 0 Å². The van der Waals surface area contributed by atoms with Crippen LogP contribution >= 0.6 is 0 Å². The molecular weight excluding hydrogens is 389 g/mol. The van der Waals surface area contributed by atoms with Crippen LogP contribution in [0.2, 0.25) is 0 Å². The van der Waals surface area contributed by atoms with Gasteiger partial charge in [-0.05, 0) is 41.9 Å². The van der Waals surface area contributed by atoms with Gasteiger partial charge in [0.1, 0.15) is 11.9 Å². The van der Waals surface area contributed by atoms with Crippen LogP contribution in [-0.4, -0.2) is 49.7 Å². The molecule has 1 aliphatic rings. The van der Waals surface area contributed by atoms with E-state index in [1.807, 2.05) is 36.4 Å². The third kappa shape index (κ3) is 4.88.